The molecule has 0 bridgehead atoms. The molecule has 0 saturated carbocycles. The van der Waals surface area contributed by atoms with E-state index in [9.17, 15) is 4.79 Å². The zero-order valence-electron chi connectivity index (χ0n) is 17.6. The van der Waals surface area contributed by atoms with Gasteiger partial charge in [0.25, 0.3) is 0 Å². The van der Waals surface area contributed by atoms with E-state index in [0.29, 0.717) is 5.92 Å². The molecule has 0 unspecified atom stereocenters. The highest BCUT2D eigenvalue weighted by atomic mass is 16.2. The Morgan fingerprint density at radius 2 is 2.00 bits per heavy atom. The Balaban J connectivity index is 1.29. The number of piperidine rings is 1. The first-order chi connectivity index (χ1) is 15.2. The average molecular weight is 415 g/mol. The average Bonchev–Trinajstić information content (AvgIpc) is 2.80. The number of anilines is 2. The fraction of sp³-hybridized carbons (Fsp3) is 0.292. The number of nitrogens with one attached hydrogen (secondary N) is 1. The van der Waals surface area contributed by atoms with Crippen LogP contribution in [0.4, 0.5) is 11.6 Å². The van der Waals surface area contributed by atoms with E-state index in [1.54, 1.807) is 31.0 Å². The standard InChI is InChI=1S/C24H26N6O/c1-18-4-2-11-26-24(18)29-22-15-21(27-17-28-22)14-19-8-12-30(13-9-19)23(31)7-6-20-5-3-10-25-16-20/h2-7,10-11,15-17,19H,8-9,12-14H2,1H3,(H,26,27,28,29). The minimum absolute atomic E-state index is 0.0570. The number of aryl methyl sites for hydroxylation is 1. The normalized spacial score (nSPS) is 14.7. The van der Waals surface area contributed by atoms with Gasteiger partial charge in [0, 0.05) is 49.5 Å². The molecule has 1 fully saturated rings. The molecular weight excluding hydrogens is 388 g/mol. The molecule has 31 heavy (non-hydrogen) atoms. The van der Waals surface area contributed by atoms with Crippen LogP contribution in [0.15, 0.2) is 61.3 Å². The van der Waals surface area contributed by atoms with Gasteiger partial charge in [0.2, 0.25) is 5.91 Å². The molecule has 7 heteroatoms. The topological polar surface area (TPSA) is 83.9 Å². The number of carbonyl (C=O) groups is 1. The summed E-state index contributed by atoms with van der Waals surface area (Å²) >= 11 is 0. The van der Waals surface area contributed by atoms with E-state index in [2.05, 4.69) is 25.3 Å². The molecule has 1 amide bonds. The Morgan fingerprint density at radius 3 is 2.77 bits per heavy atom. The number of rotatable bonds is 6. The van der Waals surface area contributed by atoms with E-state index in [4.69, 9.17) is 0 Å². The first kappa shape index (κ1) is 20.7. The Kier molecular flexibility index (Phi) is 6.62. The fourth-order valence-electron chi connectivity index (χ4n) is 3.72. The lowest BCUT2D eigenvalue weighted by Gasteiger charge is -2.31. The summed E-state index contributed by atoms with van der Waals surface area (Å²) < 4.78 is 0. The van der Waals surface area contributed by atoms with Crippen molar-refractivity contribution < 1.29 is 4.79 Å². The Morgan fingerprint density at radius 1 is 1.16 bits per heavy atom. The number of hydrogen-bond acceptors (Lipinski definition) is 6. The van der Waals surface area contributed by atoms with E-state index >= 15 is 0 Å². The van der Waals surface area contributed by atoms with E-state index in [1.807, 2.05) is 48.2 Å². The molecule has 0 aromatic carbocycles. The van der Waals surface area contributed by atoms with Crippen LogP contribution in [0.3, 0.4) is 0 Å². The van der Waals surface area contributed by atoms with Crippen molar-refractivity contribution >= 4 is 23.6 Å². The van der Waals surface area contributed by atoms with Gasteiger partial charge in [-0.15, -0.1) is 0 Å². The summed E-state index contributed by atoms with van der Waals surface area (Å²) in [5.74, 6) is 2.12. The molecule has 0 radical (unpaired) electrons. The van der Waals surface area contributed by atoms with E-state index < -0.39 is 0 Å². The quantitative estimate of drug-likeness (QED) is 0.618. The molecule has 3 aromatic heterocycles. The van der Waals surface area contributed by atoms with Crippen LogP contribution in [0, 0.1) is 12.8 Å². The van der Waals surface area contributed by atoms with Crippen molar-refractivity contribution in [3.05, 3.63) is 78.1 Å². The van der Waals surface area contributed by atoms with Crippen LogP contribution in [0.2, 0.25) is 0 Å². The van der Waals surface area contributed by atoms with Crippen LogP contribution < -0.4 is 5.32 Å². The predicted molar refractivity (Wildman–Crippen MR) is 121 cm³/mol. The van der Waals surface area contributed by atoms with Gasteiger partial charge < -0.3 is 10.2 Å². The monoisotopic (exact) mass is 414 g/mol. The maximum absolute atomic E-state index is 12.5. The molecule has 1 saturated heterocycles. The number of nitrogens with zero attached hydrogens (tertiary/aromatic N) is 5. The van der Waals surface area contributed by atoms with Gasteiger partial charge in [0.05, 0.1) is 0 Å². The van der Waals surface area contributed by atoms with Crippen LogP contribution in [-0.4, -0.2) is 43.8 Å². The molecule has 1 N–H and O–H groups in total. The van der Waals surface area contributed by atoms with Crippen LogP contribution in [-0.2, 0) is 11.2 Å². The zero-order chi connectivity index (χ0) is 21.5. The summed E-state index contributed by atoms with van der Waals surface area (Å²) in [6.45, 7) is 3.55. The zero-order valence-corrected chi connectivity index (χ0v) is 17.6. The summed E-state index contributed by atoms with van der Waals surface area (Å²) in [6.07, 6.45) is 13.1. The molecule has 0 spiro atoms. The summed E-state index contributed by atoms with van der Waals surface area (Å²) in [4.78, 5) is 31.6. The number of carbonyl (C=O) groups excluding carboxylic acids is 1. The molecule has 4 heterocycles. The lowest BCUT2D eigenvalue weighted by molar-refractivity contribution is -0.127. The highest BCUT2D eigenvalue weighted by Crippen LogP contribution is 2.23. The minimum Gasteiger partial charge on any atom is -0.339 e. The smallest absolute Gasteiger partial charge is 0.246 e. The molecule has 158 valence electrons. The van der Waals surface area contributed by atoms with Gasteiger partial charge in [0.15, 0.2) is 0 Å². The third kappa shape index (κ3) is 5.72. The summed E-state index contributed by atoms with van der Waals surface area (Å²) in [7, 11) is 0. The van der Waals surface area contributed by atoms with Crippen molar-refractivity contribution in [3.63, 3.8) is 0 Å². The Labute approximate surface area is 182 Å². The van der Waals surface area contributed by atoms with Gasteiger partial charge in [-0.2, -0.15) is 0 Å². The maximum Gasteiger partial charge on any atom is 0.246 e. The number of pyridine rings is 2. The SMILES string of the molecule is Cc1cccnc1Nc1cc(CC2CCN(C(=O)C=Cc3cccnc3)CC2)ncn1. The number of amides is 1. The molecule has 1 aliphatic rings. The third-order valence-corrected chi connectivity index (χ3v) is 5.51. The molecule has 1 aliphatic heterocycles. The van der Waals surface area contributed by atoms with Gasteiger partial charge in [0.1, 0.15) is 18.0 Å². The molecule has 0 aliphatic carbocycles. The van der Waals surface area contributed by atoms with Crippen molar-refractivity contribution in [1.29, 1.82) is 0 Å². The van der Waals surface area contributed by atoms with Crippen molar-refractivity contribution in [3.8, 4) is 0 Å². The van der Waals surface area contributed by atoms with Gasteiger partial charge in [-0.1, -0.05) is 12.1 Å². The predicted octanol–water partition coefficient (Wildman–Crippen LogP) is 3.81. The van der Waals surface area contributed by atoms with Crippen LogP contribution >= 0.6 is 0 Å². The molecule has 7 nitrogen and oxygen atoms in total. The van der Waals surface area contributed by atoms with Crippen LogP contribution in [0.5, 0.6) is 0 Å². The molecular formula is C24H26N6O. The van der Waals surface area contributed by atoms with Gasteiger partial charge in [-0.3, -0.25) is 9.78 Å². The molecule has 0 atom stereocenters. The van der Waals surface area contributed by atoms with Crippen LogP contribution in [0.1, 0.15) is 29.7 Å². The van der Waals surface area contributed by atoms with Crippen molar-refractivity contribution in [1.82, 2.24) is 24.8 Å². The lowest BCUT2D eigenvalue weighted by Crippen LogP contribution is -2.38. The van der Waals surface area contributed by atoms with Crippen LogP contribution in [0.25, 0.3) is 6.08 Å². The first-order valence-electron chi connectivity index (χ1n) is 10.5. The van der Waals surface area contributed by atoms with Gasteiger partial charge in [-0.25, -0.2) is 15.0 Å². The highest BCUT2D eigenvalue weighted by molar-refractivity contribution is 5.91. The largest absolute Gasteiger partial charge is 0.339 e. The number of hydrogen-bond donors (Lipinski definition) is 1. The Bertz CT molecular complexity index is 1040. The second-order valence-electron chi connectivity index (χ2n) is 7.78. The summed E-state index contributed by atoms with van der Waals surface area (Å²) in [6, 6.07) is 9.71. The van der Waals surface area contributed by atoms with Gasteiger partial charge in [-0.05, 0) is 61.4 Å². The van der Waals surface area contributed by atoms with E-state index in [-0.39, 0.29) is 5.91 Å². The van der Waals surface area contributed by atoms with Gasteiger partial charge >= 0.3 is 0 Å². The second kappa shape index (κ2) is 9.93. The molecule has 3 aromatic rings. The molecule has 4 rings (SSSR count). The van der Waals surface area contributed by atoms with Crippen molar-refractivity contribution in [2.75, 3.05) is 18.4 Å². The third-order valence-electron chi connectivity index (χ3n) is 5.51. The Hall–Kier alpha value is -3.61. The fourth-order valence-corrected chi connectivity index (χ4v) is 3.72. The highest BCUT2D eigenvalue weighted by Gasteiger charge is 2.22. The van der Waals surface area contributed by atoms with E-state index in [1.165, 1.54) is 0 Å². The number of aromatic nitrogens is 4. The van der Waals surface area contributed by atoms with Crippen molar-refractivity contribution in [2.45, 2.75) is 26.2 Å². The minimum atomic E-state index is 0.0570. The van der Waals surface area contributed by atoms with E-state index in [0.717, 1.165) is 60.8 Å². The second-order valence-corrected chi connectivity index (χ2v) is 7.78. The maximum atomic E-state index is 12.5. The van der Waals surface area contributed by atoms with Crippen molar-refractivity contribution in [2.24, 2.45) is 5.92 Å². The number of likely N-dealkylation sites (tertiary alicyclic amines) is 1. The lowest BCUT2D eigenvalue weighted by atomic mass is 9.92. The summed E-state index contributed by atoms with van der Waals surface area (Å²) in [5.41, 5.74) is 3.00. The summed E-state index contributed by atoms with van der Waals surface area (Å²) in [5, 5.41) is 3.27. The first-order valence-corrected chi connectivity index (χ1v) is 10.5.